The molecule has 8 bridgehead atoms. The second kappa shape index (κ2) is 27.4. The van der Waals surface area contributed by atoms with Crippen molar-refractivity contribution in [1.82, 2.24) is 39.9 Å². The smallest absolute Gasteiger partial charge is 0.180 e. The first kappa shape index (κ1) is 53.4. The van der Waals surface area contributed by atoms with Crippen LogP contribution in [-0.2, 0) is 17.1 Å². The molecule has 7 heterocycles. The summed E-state index contributed by atoms with van der Waals surface area (Å²) < 4.78 is -1.50. The van der Waals surface area contributed by atoms with Crippen LogP contribution >= 0.6 is 69.6 Å². The summed E-state index contributed by atoms with van der Waals surface area (Å²) in [5, 5.41) is 0. The molecule has 16 heteroatoms. The van der Waals surface area contributed by atoms with Crippen LogP contribution in [0.5, 0.6) is 0 Å². The van der Waals surface area contributed by atoms with Crippen molar-refractivity contribution in [2.45, 2.75) is 8.59 Å². The number of hydrogen-bond donors (Lipinski definition) is 2. The minimum Gasteiger partial charge on any atom is -1.00 e. The van der Waals surface area contributed by atoms with E-state index in [4.69, 9.17) is 89.5 Å². The SMILES string of the molecule is ClC(Cl)Cl.ClC(Cl)Cl.[Cl-].[Mn].c1c[nH]cn1.c1c[nH]cn1.c1ccc([C+]2c3ccc([n-]3)[C+](c3ccccc3)c3ccc([n-]3)[C+](c3ccccc3)c3ccc([n-]3)[C+](c3ccccc3)c3ccc2[n-]3)cc1. The number of aromatic nitrogens is 8. The van der Waals surface area contributed by atoms with Crippen LogP contribution in [0.15, 0.2) is 207 Å². The third kappa shape index (κ3) is 14.7. The number of rotatable bonds is 4. The predicted octanol–water partition coefficient (Wildman–Crippen LogP) is 9.70. The minimum absolute atomic E-state index is 0. The molecule has 11 rings (SSSR count). The number of imidazole rings is 2. The summed E-state index contributed by atoms with van der Waals surface area (Å²) in [7, 11) is 0. The molecule has 2 N–H and O–H groups in total. The summed E-state index contributed by atoms with van der Waals surface area (Å²) >= 11 is 28.8. The molecule has 0 aliphatic carbocycles. The molecule has 0 spiro atoms. The fourth-order valence-electron chi connectivity index (χ4n) is 7.12. The molecule has 8 nitrogen and oxygen atoms in total. The number of benzene rings is 4. The Morgan fingerprint density at radius 1 is 0.338 bits per heavy atom. The van der Waals surface area contributed by atoms with Gasteiger partial charge in [0.15, 0.2) is 8.59 Å². The summed E-state index contributed by atoms with van der Waals surface area (Å²) in [6.45, 7) is 0. The molecule has 1 aliphatic heterocycles. The molecule has 0 saturated carbocycles. The maximum absolute atomic E-state index is 5.31. The Balaban J connectivity index is 0.000000366. The van der Waals surface area contributed by atoms with E-state index in [9.17, 15) is 0 Å². The second-order valence-corrected chi connectivity index (χ2v) is 17.8. The molecule has 10 aromatic rings. The van der Waals surface area contributed by atoms with Gasteiger partial charge in [-0.3, -0.25) is 0 Å². The van der Waals surface area contributed by atoms with Gasteiger partial charge in [0.25, 0.3) is 0 Å². The molecule has 0 amide bonds. The van der Waals surface area contributed by atoms with Crippen LogP contribution in [0, 0.1) is 23.7 Å². The molecule has 0 atom stereocenters. The number of halogens is 7. The molecule has 0 saturated heterocycles. The van der Waals surface area contributed by atoms with E-state index in [1.165, 1.54) is 0 Å². The molecule has 0 unspecified atom stereocenters. The van der Waals surface area contributed by atoms with Gasteiger partial charge in [-0.05, 0) is 118 Å². The first-order chi connectivity index (χ1) is 32.3. The Kier molecular flexibility index (Phi) is 21.6. The van der Waals surface area contributed by atoms with Crippen molar-refractivity contribution in [2.24, 2.45) is 0 Å². The summed E-state index contributed by atoms with van der Waals surface area (Å²) in [5.74, 6) is 3.91. The molecule has 1 radical (unpaired) electrons. The Hall–Kier alpha value is -5.55. The summed E-state index contributed by atoms with van der Waals surface area (Å²) in [4.78, 5) is 34.1. The predicted molar refractivity (Wildman–Crippen MR) is 267 cm³/mol. The summed E-state index contributed by atoms with van der Waals surface area (Å²) in [5.41, 5.74) is 11.1. The van der Waals surface area contributed by atoms with E-state index in [1.54, 1.807) is 37.4 Å². The van der Waals surface area contributed by atoms with Crippen LogP contribution in [0.3, 0.4) is 0 Å². The van der Waals surface area contributed by atoms with Gasteiger partial charge in [0.1, 0.15) is 0 Å². The van der Waals surface area contributed by atoms with Crippen molar-refractivity contribution in [2.75, 3.05) is 0 Å². The van der Waals surface area contributed by atoms with Crippen LogP contribution in [0.1, 0.15) is 67.8 Å². The Labute approximate surface area is 442 Å². The van der Waals surface area contributed by atoms with Gasteiger partial charge >= 0.3 is 0 Å². The zero-order valence-corrected chi connectivity index (χ0v) is 42.0. The van der Waals surface area contributed by atoms with Crippen molar-refractivity contribution in [3.63, 3.8) is 0 Å². The van der Waals surface area contributed by atoms with Crippen molar-refractivity contribution in [1.29, 1.82) is 0 Å². The van der Waals surface area contributed by atoms with Crippen LogP contribution in [0.25, 0.3) is 0 Å². The Morgan fingerprint density at radius 2 is 0.529 bits per heavy atom. The summed E-state index contributed by atoms with van der Waals surface area (Å²) in [6.07, 6.45) is 10.2. The van der Waals surface area contributed by atoms with Gasteiger partial charge in [0.2, 0.25) is 0 Å². The van der Waals surface area contributed by atoms with Gasteiger partial charge in [0.05, 0.1) is 34.9 Å². The van der Waals surface area contributed by atoms with Crippen molar-refractivity contribution in [3.8, 4) is 0 Å². The van der Waals surface area contributed by atoms with E-state index < -0.39 is 8.59 Å². The van der Waals surface area contributed by atoms with E-state index >= 15 is 0 Å². The first-order valence-electron chi connectivity index (χ1n) is 20.2. The Bertz CT molecular complexity index is 2360. The van der Waals surface area contributed by atoms with E-state index in [2.05, 4.69) is 166 Å². The second-order valence-electron chi connectivity index (χ2n) is 13.8. The monoisotopic (exact) mass is 1070 g/mol. The average molecular weight is 1080 g/mol. The number of alkyl halides is 6. The van der Waals surface area contributed by atoms with Gasteiger partial charge < -0.3 is 42.3 Å². The van der Waals surface area contributed by atoms with Crippen LogP contribution in [0.2, 0.25) is 0 Å². The molecular weight excluding hydrogens is 1040 g/mol. The molecule has 6 aromatic heterocycles. The minimum atomic E-state index is -0.750. The van der Waals surface area contributed by atoms with Crippen molar-refractivity contribution in [3.05, 3.63) is 299 Å². The number of hydrogen-bond acceptors (Lipinski definition) is 2. The fraction of sp³-hybridized carbons (Fsp3) is 0.0385. The van der Waals surface area contributed by atoms with E-state index in [1.807, 2.05) is 24.3 Å². The number of aromatic amines is 2. The molecule has 343 valence electrons. The maximum Gasteiger partial charge on any atom is 0.180 e. The quantitative estimate of drug-likeness (QED) is 0.103. The number of nitrogens with zero attached hydrogens (tertiary/aromatic N) is 6. The third-order valence-corrected chi connectivity index (χ3v) is 9.67. The van der Waals surface area contributed by atoms with Crippen LogP contribution < -0.4 is 32.3 Å². The number of nitrogens with one attached hydrogen (secondary N) is 2. The van der Waals surface area contributed by atoms with Crippen LogP contribution in [-0.4, -0.2) is 28.5 Å². The molecule has 4 aromatic carbocycles. The maximum atomic E-state index is 5.31. The van der Waals surface area contributed by atoms with Gasteiger partial charge in [-0.2, -0.15) is 0 Å². The third-order valence-electron chi connectivity index (χ3n) is 9.67. The Morgan fingerprint density at radius 3 is 0.662 bits per heavy atom. The van der Waals surface area contributed by atoms with Crippen molar-refractivity contribution < 1.29 is 29.5 Å². The zero-order chi connectivity index (χ0) is 46.1. The van der Waals surface area contributed by atoms with Crippen LogP contribution in [0.4, 0.5) is 0 Å². The van der Waals surface area contributed by atoms with Gasteiger partial charge in [-0.1, -0.05) is 69.6 Å². The topological polar surface area (TPSA) is 114 Å². The first-order valence-corrected chi connectivity index (χ1v) is 22.9. The fourth-order valence-corrected chi connectivity index (χ4v) is 7.12. The number of fused-ring (bicyclic) bond motifs is 8. The average Bonchev–Trinajstić information content (AvgIpc) is 4.19. The molecule has 1 aliphatic rings. The van der Waals surface area contributed by atoms with E-state index in [-0.39, 0.29) is 29.5 Å². The largest absolute Gasteiger partial charge is 1.00 e. The molecule has 0 fully saturated rings. The molecular formula is C52H38Cl7MnN8-. The van der Waals surface area contributed by atoms with E-state index in [0.717, 1.165) is 91.5 Å². The normalized spacial score (nSPS) is 11.3. The zero-order valence-electron chi connectivity index (χ0n) is 35.5. The van der Waals surface area contributed by atoms with Crippen molar-refractivity contribution >= 4 is 69.6 Å². The summed E-state index contributed by atoms with van der Waals surface area (Å²) in [6, 6.07) is 58.4. The molecule has 68 heavy (non-hydrogen) atoms. The standard InChI is InChI=1S/C44H28N4.2C3H4N2.2CHCl3.ClH.Mn/c1-5-13-29(14-6-1)41-33-21-23-35(45-33)42(30-15-7-2-8-16-30)37-25-27-39(47-37)44(32-19-11-4-12-20-32)40-28-26-38(48-40)43(31-17-9-3-10-18-31)36-24-22-34(41)46-36;2*1-2-5-3-4-1;2*2-1(3)4;;/h1-28H;2*1-3H,(H,4,5);2*1H;1H;/p-1. The van der Waals surface area contributed by atoms with E-state index in [0.29, 0.717) is 0 Å². The van der Waals surface area contributed by atoms with Gasteiger partial charge in [0, 0.05) is 163 Å². The van der Waals surface area contributed by atoms with Gasteiger partial charge in [-0.25, -0.2) is 9.97 Å². The number of H-pyrrole nitrogens is 2. The van der Waals surface area contributed by atoms with Gasteiger partial charge in [-0.15, -0.1) is 0 Å².